The molecule has 0 radical (unpaired) electrons. The summed E-state index contributed by atoms with van der Waals surface area (Å²) in [6, 6.07) is 0. The minimum Gasteiger partial charge on any atom is -0.394 e. The van der Waals surface area contributed by atoms with Crippen LogP contribution in [0.15, 0.2) is 0 Å². The molecule has 12 nitrogen and oxygen atoms in total. The molecule has 30 heavy (non-hydrogen) atoms. The Balaban J connectivity index is 1.91. The van der Waals surface area contributed by atoms with Crippen LogP contribution in [0.5, 0.6) is 0 Å². The van der Waals surface area contributed by atoms with E-state index in [2.05, 4.69) is 0 Å². The third-order valence-electron chi connectivity index (χ3n) is 5.32. The number of unbranched alkanes of at least 4 members (excludes halogenated alkanes) is 3. The first-order valence-corrected chi connectivity index (χ1v) is 10.2. The SMILES string of the molecule is NCCCCCCOC[C@H]1O[C@@H](O[C@H]2[C@H](O)[C@@H](O)[C@@H](O)O[C@@H]2CO)[C@H](O)[C@@H](O)[C@H]1O. The van der Waals surface area contributed by atoms with E-state index in [4.69, 9.17) is 24.7 Å². The van der Waals surface area contributed by atoms with Gasteiger partial charge < -0.3 is 60.4 Å². The van der Waals surface area contributed by atoms with Crippen molar-refractivity contribution in [3.05, 3.63) is 0 Å². The van der Waals surface area contributed by atoms with Gasteiger partial charge >= 0.3 is 0 Å². The van der Waals surface area contributed by atoms with E-state index in [1.54, 1.807) is 0 Å². The lowest BCUT2D eigenvalue weighted by Gasteiger charge is -2.45. The Kier molecular flexibility index (Phi) is 10.8. The minimum atomic E-state index is -1.73. The Morgan fingerprint density at radius 2 is 1.43 bits per heavy atom. The number of aliphatic hydroxyl groups is 7. The monoisotopic (exact) mass is 441 g/mol. The van der Waals surface area contributed by atoms with Gasteiger partial charge in [0.2, 0.25) is 0 Å². The summed E-state index contributed by atoms with van der Waals surface area (Å²) in [6.45, 7) is 0.317. The van der Waals surface area contributed by atoms with Crippen LogP contribution in [-0.4, -0.2) is 124 Å². The van der Waals surface area contributed by atoms with Gasteiger partial charge in [-0.25, -0.2) is 0 Å². The second kappa shape index (κ2) is 12.5. The van der Waals surface area contributed by atoms with Crippen LogP contribution in [0.25, 0.3) is 0 Å². The zero-order valence-electron chi connectivity index (χ0n) is 16.8. The lowest BCUT2D eigenvalue weighted by Crippen LogP contribution is -2.64. The van der Waals surface area contributed by atoms with E-state index < -0.39 is 68.0 Å². The van der Waals surface area contributed by atoms with Crippen LogP contribution >= 0.6 is 0 Å². The Morgan fingerprint density at radius 1 is 0.733 bits per heavy atom. The van der Waals surface area contributed by atoms with Crippen molar-refractivity contribution < 1.29 is 54.7 Å². The Hall–Kier alpha value is -0.480. The Labute approximate surface area is 174 Å². The zero-order valence-corrected chi connectivity index (χ0v) is 16.8. The molecule has 2 aliphatic heterocycles. The maximum Gasteiger partial charge on any atom is 0.187 e. The third-order valence-corrected chi connectivity index (χ3v) is 5.32. The largest absolute Gasteiger partial charge is 0.394 e. The van der Waals surface area contributed by atoms with E-state index >= 15 is 0 Å². The fraction of sp³-hybridized carbons (Fsp3) is 1.00. The van der Waals surface area contributed by atoms with Crippen molar-refractivity contribution in [3.63, 3.8) is 0 Å². The van der Waals surface area contributed by atoms with E-state index in [1.165, 1.54) is 0 Å². The molecule has 2 aliphatic rings. The second-order valence-corrected chi connectivity index (χ2v) is 7.62. The summed E-state index contributed by atoms with van der Waals surface area (Å²) in [6.07, 6.45) is -11.3. The molecule has 0 unspecified atom stereocenters. The summed E-state index contributed by atoms with van der Waals surface area (Å²) in [5.41, 5.74) is 5.43. The topological polar surface area (TPSA) is 205 Å². The molecular formula is C18H35NO11. The van der Waals surface area contributed by atoms with E-state index in [-0.39, 0.29) is 6.61 Å². The van der Waals surface area contributed by atoms with Gasteiger partial charge in [-0.15, -0.1) is 0 Å². The molecule has 0 spiro atoms. The normalized spacial score (nSPS) is 42.4. The first-order valence-electron chi connectivity index (χ1n) is 10.2. The average Bonchev–Trinajstić information content (AvgIpc) is 2.74. The standard InChI is InChI=1S/C18H35NO11/c19-5-3-1-2-4-6-27-8-10-11(21)12(22)15(25)18(29-10)30-16-9(7-20)28-17(26)14(24)13(16)23/h9-18,20-26H,1-8,19H2/t9-,10-,11+,12+,13-,14-,15-,16-,17+,18+/m1/s1. The van der Waals surface area contributed by atoms with Crippen LogP contribution in [0, 0.1) is 0 Å². The van der Waals surface area contributed by atoms with Crippen LogP contribution in [0.3, 0.4) is 0 Å². The van der Waals surface area contributed by atoms with E-state index in [0.717, 1.165) is 25.7 Å². The van der Waals surface area contributed by atoms with Crippen LogP contribution in [0.4, 0.5) is 0 Å². The van der Waals surface area contributed by atoms with E-state index in [0.29, 0.717) is 13.2 Å². The van der Waals surface area contributed by atoms with E-state index in [9.17, 15) is 35.7 Å². The molecule has 0 aromatic rings. The molecule has 2 heterocycles. The molecule has 178 valence electrons. The van der Waals surface area contributed by atoms with Crippen molar-refractivity contribution >= 4 is 0 Å². The van der Waals surface area contributed by atoms with Gasteiger partial charge in [-0.3, -0.25) is 0 Å². The number of hydrogen-bond donors (Lipinski definition) is 8. The molecule has 12 heteroatoms. The fourth-order valence-corrected chi connectivity index (χ4v) is 3.46. The molecule has 2 fully saturated rings. The van der Waals surface area contributed by atoms with Crippen LogP contribution in [0.1, 0.15) is 25.7 Å². The minimum absolute atomic E-state index is 0.0732. The number of rotatable bonds is 11. The van der Waals surface area contributed by atoms with Gasteiger partial charge in [0.1, 0.15) is 48.8 Å². The first-order chi connectivity index (χ1) is 14.3. The van der Waals surface area contributed by atoms with Crippen LogP contribution < -0.4 is 5.73 Å². The van der Waals surface area contributed by atoms with Crippen molar-refractivity contribution in [2.45, 2.75) is 87.1 Å². The first kappa shape index (κ1) is 25.8. The van der Waals surface area contributed by atoms with Gasteiger partial charge in [0.15, 0.2) is 12.6 Å². The smallest absolute Gasteiger partial charge is 0.187 e. The molecule has 0 saturated carbocycles. The molecule has 0 bridgehead atoms. The molecule has 2 saturated heterocycles. The quantitative estimate of drug-likeness (QED) is 0.145. The lowest BCUT2D eigenvalue weighted by molar-refractivity contribution is -0.355. The molecule has 0 amide bonds. The average molecular weight is 441 g/mol. The van der Waals surface area contributed by atoms with Gasteiger partial charge in [-0.05, 0) is 19.4 Å². The van der Waals surface area contributed by atoms with Crippen LogP contribution in [0.2, 0.25) is 0 Å². The summed E-state index contributed by atoms with van der Waals surface area (Å²) in [5.74, 6) is 0. The van der Waals surface area contributed by atoms with Gasteiger partial charge in [0, 0.05) is 6.61 Å². The van der Waals surface area contributed by atoms with Crippen molar-refractivity contribution in [1.29, 1.82) is 0 Å². The van der Waals surface area contributed by atoms with Crippen molar-refractivity contribution in [1.82, 2.24) is 0 Å². The molecule has 0 aromatic carbocycles. The van der Waals surface area contributed by atoms with Gasteiger partial charge in [0.25, 0.3) is 0 Å². The molecule has 2 rings (SSSR count). The predicted molar refractivity (Wildman–Crippen MR) is 99.9 cm³/mol. The highest BCUT2D eigenvalue weighted by Crippen LogP contribution is 2.28. The summed E-state index contributed by atoms with van der Waals surface area (Å²) >= 11 is 0. The van der Waals surface area contributed by atoms with Crippen molar-refractivity contribution in [2.75, 3.05) is 26.4 Å². The molecule has 0 aromatic heterocycles. The van der Waals surface area contributed by atoms with Gasteiger partial charge in [0.05, 0.1) is 13.2 Å². The second-order valence-electron chi connectivity index (χ2n) is 7.62. The molecular weight excluding hydrogens is 406 g/mol. The maximum absolute atomic E-state index is 10.2. The summed E-state index contributed by atoms with van der Waals surface area (Å²) < 4.78 is 21.5. The van der Waals surface area contributed by atoms with E-state index in [1.807, 2.05) is 0 Å². The highest BCUT2D eigenvalue weighted by atomic mass is 16.7. The van der Waals surface area contributed by atoms with Crippen molar-refractivity contribution in [2.24, 2.45) is 5.73 Å². The van der Waals surface area contributed by atoms with Crippen LogP contribution in [-0.2, 0) is 18.9 Å². The number of aliphatic hydroxyl groups excluding tert-OH is 7. The number of ether oxygens (including phenoxy) is 4. The summed E-state index contributed by atoms with van der Waals surface area (Å²) in [4.78, 5) is 0. The highest BCUT2D eigenvalue weighted by molar-refractivity contribution is 4.93. The third kappa shape index (κ3) is 6.51. The lowest BCUT2D eigenvalue weighted by atomic mass is 9.97. The molecule has 0 aliphatic carbocycles. The fourth-order valence-electron chi connectivity index (χ4n) is 3.46. The summed E-state index contributed by atoms with van der Waals surface area (Å²) in [5, 5.41) is 69.4. The molecule has 10 atom stereocenters. The maximum atomic E-state index is 10.2. The number of hydrogen-bond acceptors (Lipinski definition) is 12. The number of nitrogens with two attached hydrogens (primary N) is 1. The zero-order chi connectivity index (χ0) is 22.3. The summed E-state index contributed by atoms with van der Waals surface area (Å²) in [7, 11) is 0. The van der Waals surface area contributed by atoms with Crippen molar-refractivity contribution in [3.8, 4) is 0 Å². The molecule has 9 N–H and O–H groups in total. The highest BCUT2D eigenvalue weighted by Gasteiger charge is 2.50. The Bertz CT molecular complexity index is 485. The Morgan fingerprint density at radius 3 is 2.10 bits per heavy atom. The van der Waals surface area contributed by atoms with Gasteiger partial charge in [-0.2, -0.15) is 0 Å². The van der Waals surface area contributed by atoms with Gasteiger partial charge in [-0.1, -0.05) is 12.8 Å². The predicted octanol–water partition coefficient (Wildman–Crippen LogP) is -3.85.